The van der Waals surface area contributed by atoms with Crippen molar-refractivity contribution in [3.05, 3.63) is 40.9 Å². The normalized spacial score (nSPS) is 10.3. The van der Waals surface area contributed by atoms with Gasteiger partial charge in [0.05, 0.1) is 19.3 Å². The molecule has 5 heteroatoms. The molecule has 17 heavy (non-hydrogen) atoms. The van der Waals surface area contributed by atoms with E-state index in [2.05, 4.69) is 26.2 Å². The van der Waals surface area contributed by atoms with Gasteiger partial charge in [-0.15, -0.1) is 0 Å². The SMILES string of the molecule is COc1ccc(Br)c(NCc2nccn2C)c1. The van der Waals surface area contributed by atoms with Crippen LogP contribution in [-0.2, 0) is 13.6 Å². The van der Waals surface area contributed by atoms with Crippen molar-refractivity contribution in [1.82, 2.24) is 9.55 Å². The fraction of sp³-hybridized carbons (Fsp3) is 0.250. The molecule has 1 aromatic heterocycles. The number of aryl methyl sites for hydroxylation is 1. The quantitative estimate of drug-likeness (QED) is 0.943. The molecule has 0 saturated heterocycles. The number of halogens is 1. The van der Waals surface area contributed by atoms with Gasteiger partial charge in [0.15, 0.2) is 0 Å². The fourth-order valence-electron chi connectivity index (χ4n) is 1.51. The van der Waals surface area contributed by atoms with Crippen LogP contribution in [0.15, 0.2) is 35.1 Å². The smallest absolute Gasteiger partial charge is 0.127 e. The molecule has 0 amide bonds. The van der Waals surface area contributed by atoms with Crippen molar-refractivity contribution in [2.24, 2.45) is 7.05 Å². The molecule has 0 spiro atoms. The summed E-state index contributed by atoms with van der Waals surface area (Å²) < 4.78 is 8.18. The standard InChI is InChI=1S/C12H14BrN3O/c1-16-6-5-14-12(16)8-15-11-7-9(17-2)3-4-10(11)13/h3-7,15H,8H2,1-2H3. The summed E-state index contributed by atoms with van der Waals surface area (Å²) in [6.07, 6.45) is 3.72. The van der Waals surface area contributed by atoms with Crippen molar-refractivity contribution in [1.29, 1.82) is 0 Å². The van der Waals surface area contributed by atoms with Gasteiger partial charge in [-0.25, -0.2) is 4.98 Å². The van der Waals surface area contributed by atoms with Gasteiger partial charge in [0, 0.05) is 30.0 Å². The lowest BCUT2D eigenvalue weighted by Crippen LogP contribution is -2.06. The van der Waals surface area contributed by atoms with Crippen LogP contribution in [0.1, 0.15) is 5.82 Å². The van der Waals surface area contributed by atoms with E-state index in [1.807, 2.05) is 36.0 Å². The van der Waals surface area contributed by atoms with E-state index in [0.717, 1.165) is 21.7 Å². The zero-order valence-corrected chi connectivity index (χ0v) is 11.4. The third-order valence-electron chi connectivity index (χ3n) is 2.53. The lowest BCUT2D eigenvalue weighted by molar-refractivity contribution is 0.415. The molecule has 0 atom stereocenters. The highest BCUT2D eigenvalue weighted by Gasteiger charge is 2.03. The van der Waals surface area contributed by atoms with Gasteiger partial charge in [0.1, 0.15) is 11.6 Å². The third kappa shape index (κ3) is 2.79. The molecular weight excluding hydrogens is 282 g/mol. The fourth-order valence-corrected chi connectivity index (χ4v) is 1.89. The molecule has 0 aliphatic heterocycles. The van der Waals surface area contributed by atoms with Crippen LogP contribution in [0.3, 0.4) is 0 Å². The highest BCUT2D eigenvalue weighted by atomic mass is 79.9. The molecule has 0 aliphatic rings. The number of aromatic nitrogens is 2. The third-order valence-corrected chi connectivity index (χ3v) is 3.22. The summed E-state index contributed by atoms with van der Waals surface area (Å²) in [7, 11) is 3.64. The van der Waals surface area contributed by atoms with Crippen molar-refractivity contribution in [3.8, 4) is 5.75 Å². The van der Waals surface area contributed by atoms with Crippen molar-refractivity contribution < 1.29 is 4.74 Å². The molecule has 2 rings (SSSR count). The van der Waals surface area contributed by atoms with Gasteiger partial charge in [-0.05, 0) is 28.1 Å². The Labute approximate surface area is 109 Å². The van der Waals surface area contributed by atoms with Crippen LogP contribution >= 0.6 is 15.9 Å². The number of nitrogens with one attached hydrogen (secondary N) is 1. The summed E-state index contributed by atoms with van der Waals surface area (Å²) in [5.41, 5.74) is 0.993. The molecule has 0 aliphatic carbocycles. The second-order valence-corrected chi connectivity index (χ2v) is 4.51. The molecule has 90 valence electrons. The van der Waals surface area contributed by atoms with Crippen LogP contribution in [0.4, 0.5) is 5.69 Å². The maximum absolute atomic E-state index is 5.19. The minimum Gasteiger partial charge on any atom is -0.497 e. The van der Waals surface area contributed by atoms with Gasteiger partial charge in [-0.1, -0.05) is 0 Å². The second-order valence-electron chi connectivity index (χ2n) is 3.65. The zero-order valence-electron chi connectivity index (χ0n) is 9.77. The van der Waals surface area contributed by atoms with Gasteiger partial charge < -0.3 is 14.6 Å². The van der Waals surface area contributed by atoms with E-state index in [0.29, 0.717) is 6.54 Å². The predicted octanol–water partition coefficient (Wildman–Crippen LogP) is 2.80. The Morgan fingerprint density at radius 2 is 2.29 bits per heavy atom. The molecule has 1 N–H and O–H groups in total. The maximum atomic E-state index is 5.19. The molecule has 0 saturated carbocycles. The molecule has 1 heterocycles. The topological polar surface area (TPSA) is 39.1 Å². The van der Waals surface area contributed by atoms with Gasteiger partial charge in [-0.3, -0.25) is 0 Å². The Kier molecular flexibility index (Phi) is 3.68. The van der Waals surface area contributed by atoms with Crippen molar-refractivity contribution in [2.75, 3.05) is 12.4 Å². The number of ether oxygens (including phenoxy) is 1. The highest BCUT2D eigenvalue weighted by molar-refractivity contribution is 9.10. The van der Waals surface area contributed by atoms with Crippen molar-refractivity contribution in [3.63, 3.8) is 0 Å². The molecule has 0 fully saturated rings. The van der Waals surface area contributed by atoms with Crippen molar-refractivity contribution in [2.45, 2.75) is 6.54 Å². The molecular formula is C12H14BrN3O. The molecule has 4 nitrogen and oxygen atoms in total. The number of hydrogen-bond acceptors (Lipinski definition) is 3. The van der Waals surface area contributed by atoms with Crippen molar-refractivity contribution >= 4 is 21.6 Å². The van der Waals surface area contributed by atoms with Gasteiger partial charge >= 0.3 is 0 Å². The average molecular weight is 296 g/mol. The Hall–Kier alpha value is -1.49. The van der Waals surface area contributed by atoms with Crippen LogP contribution in [0, 0.1) is 0 Å². The van der Waals surface area contributed by atoms with Crippen LogP contribution < -0.4 is 10.1 Å². The van der Waals surface area contributed by atoms with E-state index in [-0.39, 0.29) is 0 Å². The lowest BCUT2D eigenvalue weighted by Gasteiger charge is -2.10. The molecule has 0 bridgehead atoms. The van der Waals surface area contributed by atoms with E-state index in [1.165, 1.54) is 0 Å². The Morgan fingerprint density at radius 3 is 2.94 bits per heavy atom. The number of hydrogen-bond donors (Lipinski definition) is 1. The molecule has 2 aromatic rings. The van der Waals surface area contributed by atoms with Crippen LogP contribution in [0.5, 0.6) is 5.75 Å². The van der Waals surface area contributed by atoms with E-state index in [4.69, 9.17) is 4.74 Å². The first-order valence-electron chi connectivity index (χ1n) is 5.24. The maximum Gasteiger partial charge on any atom is 0.127 e. The first kappa shape index (κ1) is 12.0. The van der Waals surface area contributed by atoms with Crippen LogP contribution in [0.2, 0.25) is 0 Å². The highest BCUT2D eigenvalue weighted by Crippen LogP contribution is 2.27. The largest absolute Gasteiger partial charge is 0.497 e. The van der Waals surface area contributed by atoms with Crippen LogP contribution in [-0.4, -0.2) is 16.7 Å². The minimum atomic E-state index is 0.676. The molecule has 1 aromatic carbocycles. The first-order valence-corrected chi connectivity index (χ1v) is 6.03. The summed E-state index contributed by atoms with van der Waals surface area (Å²) in [5.74, 6) is 1.82. The lowest BCUT2D eigenvalue weighted by atomic mass is 10.3. The average Bonchev–Trinajstić information content (AvgIpc) is 2.74. The second kappa shape index (κ2) is 5.23. The summed E-state index contributed by atoms with van der Waals surface area (Å²) in [6, 6.07) is 5.82. The van der Waals surface area contributed by atoms with E-state index in [1.54, 1.807) is 13.3 Å². The van der Waals surface area contributed by atoms with E-state index >= 15 is 0 Å². The number of anilines is 1. The Morgan fingerprint density at radius 1 is 1.47 bits per heavy atom. The summed E-state index contributed by atoms with van der Waals surface area (Å²) in [6.45, 7) is 0.676. The monoisotopic (exact) mass is 295 g/mol. The number of methoxy groups -OCH3 is 1. The van der Waals surface area contributed by atoms with Gasteiger partial charge in [0.25, 0.3) is 0 Å². The summed E-state index contributed by atoms with van der Waals surface area (Å²) in [4.78, 5) is 4.26. The van der Waals surface area contributed by atoms with E-state index < -0.39 is 0 Å². The number of imidazole rings is 1. The van der Waals surface area contributed by atoms with Gasteiger partial charge in [-0.2, -0.15) is 0 Å². The summed E-state index contributed by atoms with van der Waals surface area (Å²) in [5, 5.41) is 3.32. The number of rotatable bonds is 4. The minimum absolute atomic E-state index is 0.676. The predicted molar refractivity (Wildman–Crippen MR) is 71.2 cm³/mol. The summed E-state index contributed by atoms with van der Waals surface area (Å²) >= 11 is 3.50. The zero-order chi connectivity index (χ0) is 12.3. The number of nitrogens with zero attached hydrogens (tertiary/aromatic N) is 2. The Balaban J connectivity index is 2.11. The molecule has 0 radical (unpaired) electrons. The molecule has 0 unspecified atom stereocenters. The van der Waals surface area contributed by atoms with Crippen LogP contribution in [0.25, 0.3) is 0 Å². The Bertz CT molecular complexity index is 510. The van der Waals surface area contributed by atoms with Gasteiger partial charge in [0.2, 0.25) is 0 Å². The number of benzene rings is 1. The first-order chi connectivity index (χ1) is 8.20. The van der Waals surface area contributed by atoms with E-state index in [9.17, 15) is 0 Å².